The number of carbonyl (C=O) groups excluding carboxylic acids is 2. The Morgan fingerprint density at radius 1 is 1.28 bits per heavy atom. The molecule has 1 aromatic heterocycles. The number of Topliss-reactive ketones (excluding diaryl/α,β-unsaturated/α-hetero) is 1. The van der Waals surface area contributed by atoms with E-state index in [0.29, 0.717) is 18.1 Å². The molecule has 0 saturated carbocycles. The van der Waals surface area contributed by atoms with Crippen molar-refractivity contribution in [2.75, 3.05) is 27.9 Å². The standard InChI is InChI=1S/C12H15N3O3/c1-14-6-10(15(2)7-14)11(16)8-4-5-9(13-8)12(17)18-3/h4-6,13H,7H2,1-3H3. The van der Waals surface area contributed by atoms with Crippen molar-refractivity contribution in [3.8, 4) is 0 Å². The third kappa shape index (κ3) is 2.09. The van der Waals surface area contributed by atoms with E-state index in [1.165, 1.54) is 13.2 Å². The van der Waals surface area contributed by atoms with Crippen LogP contribution in [0.15, 0.2) is 24.0 Å². The highest BCUT2D eigenvalue weighted by Crippen LogP contribution is 2.17. The second-order valence-corrected chi connectivity index (χ2v) is 4.22. The molecule has 0 aliphatic carbocycles. The average molecular weight is 249 g/mol. The van der Waals surface area contributed by atoms with Crippen LogP contribution in [0.1, 0.15) is 21.0 Å². The Bertz CT molecular complexity index is 518. The largest absolute Gasteiger partial charge is 0.464 e. The Hall–Kier alpha value is -2.24. The van der Waals surface area contributed by atoms with Crippen LogP contribution in [0.5, 0.6) is 0 Å². The Balaban J connectivity index is 2.22. The van der Waals surface area contributed by atoms with Crippen molar-refractivity contribution in [1.29, 1.82) is 0 Å². The van der Waals surface area contributed by atoms with Gasteiger partial charge in [0, 0.05) is 20.3 Å². The highest BCUT2D eigenvalue weighted by molar-refractivity contribution is 6.08. The molecule has 96 valence electrons. The Morgan fingerprint density at radius 2 is 1.94 bits per heavy atom. The maximum absolute atomic E-state index is 12.2. The fourth-order valence-electron chi connectivity index (χ4n) is 1.89. The number of hydrogen-bond donors (Lipinski definition) is 1. The summed E-state index contributed by atoms with van der Waals surface area (Å²) in [6, 6.07) is 3.12. The van der Waals surface area contributed by atoms with Crippen molar-refractivity contribution in [1.82, 2.24) is 14.8 Å². The van der Waals surface area contributed by atoms with Crippen LogP contribution < -0.4 is 0 Å². The number of nitrogens with one attached hydrogen (secondary N) is 1. The number of ether oxygens (including phenoxy) is 1. The lowest BCUT2D eigenvalue weighted by Gasteiger charge is -2.15. The van der Waals surface area contributed by atoms with E-state index in [0.717, 1.165) is 0 Å². The number of methoxy groups -OCH3 is 1. The van der Waals surface area contributed by atoms with Gasteiger partial charge in [0.1, 0.15) is 11.4 Å². The first-order valence-electron chi connectivity index (χ1n) is 5.48. The molecule has 0 saturated heterocycles. The second kappa shape index (κ2) is 4.56. The summed E-state index contributed by atoms with van der Waals surface area (Å²) in [5.74, 6) is -0.628. The van der Waals surface area contributed by atoms with Crippen LogP contribution in [0.4, 0.5) is 0 Å². The van der Waals surface area contributed by atoms with Gasteiger partial charge in [-0.25, -0.2) is 4.79 Å². The number of allylic oxidation sites excluding steroid dienone is 1. The van der Waals surface area contributed by atoms with Gasteiger partial charge in [-0.2, -0.15) is 0 Å². The zero-order valence-corrected chi connectivity index (χ0v) is 10.6. The van der Waals surface area contributed by atoms with Gasteiger partial charge in [-0.1, -0.05) is 0 Å². The average Bonchev–Trinajstić information content (AvgIpc) is 2.94. The molecule has 6 heteroatoms. The Labute approximate surface area is 105 Å². The molecule has 0 amide bonds. The van der Waals surface area contributed by atoms with Gasteiger partial charge >= 0.3 is 5.97 Å². The van der Waals surface area contributed by atoms with E-state index in [9.17, 15) is 9.59 Å². The summed E-state index contributed by atoms with van der Waals surface area (Å²) in [4.78, 5) is 30.0. The molecule has 0 fully saturated rings. The van der Waals surface area contributed by atoms with Gasteiger partial charge in [0.05, 0.1) is 19.5 Å². The van der Waals surface area contributed by atoms with Crippen LogP contribution in [-0.4, -0.2) is 54.4 Å². The number of esters is 1. The summed E-state index contributed by atoms with van der Waals surface area (Å²) >= 11 is 0. The molecule has 1 aliphatic rings. The summed E-state index contributed by atoms with van der Waals surface area (Å²) in [6.07, 6.45) is 1.78. The number of carbonyl (C=O) groups is 2. The smallest absolute Gasteiger partial charge is 0.354 e. The van der Waals surface area contributed by atoms with E-state index in [1.54, 1.807) is 12.3 Å². The van der Waals surface area contributed by atoms with Crippen LogP contribution in [0.2, 0.25) is 0 Å². The predicted molar refractivity (Wildman–Crippen MR) is 64.9 cm³/mol. The molecular weight excluding hydrogens is 234 g/mol. The summed E-state index contributed by atoms with van der Waals surface area (Å²) < 4.78 is 4.58. The SMILES string of the molecule is COC(=O)c1ccc(C(=O)C2=CN(C)CN2C)[nH]1. The molecule has 6 nitrogen and oxygen atoms in total. The first-order chi connectivity index (χ1) is 8.52. The normalized spacial score (nSPS) is 14.7. The van der Waals surface area contributed by atoms with E-state index in [2.05, 4.69) is 9.72 Å². The summed E-state index contributed by atoms with van der Waals surface area (Å²) in [7, 11) is 5.04. The number of nitrogens with zero attached hydrogens (tertiary/aromatic N) is 2. The monoisotopic (exact) mass is 249 g/mol. The van der Waals surface area contributed by atoms with E-state index in [-0.39, 0.29) is 11.5 Å². The maximum atomic E-state index is 12.2. The van der Waals surface area contributed by atoms with E-state index in [1.807, 2.05) is 23.9 Å². The summed E-state index contributed by atoms with van der Waals surface area (Å²) in [5.41, 5.74) is 1.25. The molecule has 1 aromatic rings. The van der Waals surface area contributed by atoms with Gasteiger partial charge in [-0.15, -0.1) is 0 Å². The van der Waals surface area contributed by atoms with Gasteiger partial charge in [0.2, 0.25) is 5.78 Å². The van der Waals surface area contributed by atoms with Gasteiger partial charge in [-0.05, 0) is 12.1 Å². The number of H-pyrrole nitrogens is 1. The molecule has 2 rings (SSSR count). The minimum Gasteiger partial charge on any atom is -0.464 e. The summed E-state index contributed by atoms with van der Waals surface area (Å²) in [5, 5.41) is 0. The highest BCUT2D eigenvalue weighted by atomic mass is 16.5. The van der Waals surface area contributed by atoms with Crippen molar-refractivity contribution < 1.29 is 14.3 Å². The lowest BCUT2D eigenvalue weighted by atomic mass is 10.2. The van der Waals surface area contributed by atoms with E-state index in [4.69, 9.17) is 0 Å². The zero-order valence-electron chi connectivity index (χ0n) is 10.6. The fraction of sp³-hybridized carbons (Fsp3) is 0.333. The predicted octanol–water partition coefficient (Wildman–Crippen LogP) is 0.660. The molecule has 0 unspecified atom stereocenters. The van der Waals surface area contributed by atoms with Crippen molar-refractivity contribution in [3.05, 3.63) is 35.4 Å². The molecule has 0 bridgehead atoms. The minimum atomic E-state index is -0.486. The molecule has 0 spiro atoms. The number of likely N-dealkylation sites (N-methyl/N-ethyl adjacent to an activating group) is 1. The maximum Gasteiger partial charge on any atom is 0.354 e. The van der Waals surface area contributed by atoms with Crippen molar-refractivity contribution >= 4 is 11.8 Å². The molecule has 2 heterocycles. The fourth-order valence-corrected chi connectivity index (χ4v) is 1.89. The topological polar surface area (TPSA) is 65.6 Å². The molecule has 0 aromatic carbocycles. The molecule has 18 heavy (non-hydrogen) atoms. The number of rotatable bonds is 3. The molecular formula is C12H15N3O3. The highest BCUT2D eigenvalue weighted by Gasteiger charge is 2.24. The van der Waals surface area contributed by atoms with Crippen molar-refractivity contribution in [2.45, 2.75) is 0 Å². The third-order valence-electron chi connectivity index (χ3n) is 2.76. The number of aromatic amines is 1. The van der Waals surface area contributed by atoms with E-state index >= 15 is 0 Å². The van der Waals surface area contributed by atoms with Gasteiger partial charge in [0.15, 0.2) is 0 Å². The molecule has 0 atom stereocenters. The number of aromatic nitrogens is 1. The molecule has 1 aliphatic heterocycles. The Morgan fingerprint density at radius 3 is 2.50 bits per heavy atom. The zero-order chi connectivity index (χ0) is 13.3. The lowest BCUT2D eigenvalue weighted by Crippen LogP contribution is -2.23. The minimum absolute atomic E-state index is 0.142. The molecule has 0 radical (unpaired) electrons. The second-order valence-electron chi connectivity index (χ2n) is 4.22. The van der Waals surface area contributed by atoms with E-state index < -0.39 is 5.97 Å². The van der Waals surface area contributed by atoms with Gasteiger partial charge in [-0.3, -0.25) is 4.79 Å². The molecule has 1 N–H and O–H groups in total. The first kappa shape index (κ1) is 12.2. The number of ketones is 1. The van der Waals surface area contributed by atoms with Crippen molar-refractivity contribution in [2.24, 2.45) is 0 Å². The van der Waals surface area contributed by atoms with Crippen LogP contribution in [-0.2, 0) is 4.74 Å². The van der Waals surface area contributed by atoms with Crippen LogP contribution in [0.3, 0.4) is 0 Å². The lowest BCUT2D eigenvalue weighted by molar-refractivity contribution is 0.0595. The quantitative estimate of drug-likeness (QED) is 0.629. The van der Waals surface area contributed by atoms with Crippen LogP contribution >= 0.6 is 0 Å². The summed E-state index contributed by atoms with van der Waals surface area (Å²) in [6.45, 7) is 0.672. The van der Waals surface area contributed by atoms with Gasteiger partial charge < -0.3 is 19.5 Å². The Kier molecular flexibility index (Phi) is 3.10. The van der Waals surface area contributed by atoms with Gasteiger partial charge in [0.25, 0.3) is 0 Å². The third-order valence-corrected chi connectivity index (χ3v) is 2.76. The number of hydrogen-bond acceptors (Lipinski definition) is 5. The first-order valence-corrected chi connectivity index (χ1v) is 5.48. The van der Waals surface area contributed by atoms with Crippen LogP contribution in [0, 0.1) is 0 Å². The van der Waals surface area contributed by atoms with Crippen molar-refractivity contribution in [3.63, 3.8) is 0 Å². The van der Waals surface area contributed by atoms with Crippen LogP contribution in [0.25, 0.3) is 0 Å².